The third kappa shape index (κ3) is 4.05. The van der Waals surface area contributed by atoms with Crippen LogP contribution in [-0.2, 0) is 16.1 Å². The number of furan rings is 1. The summed E-state index contributed by atoms with van der Waals surface area (Å²) in [6.07, 6.45) is 1.52. The van der Waals surface area contributed by atoms with Crippen molar-refractivity contribution in [3.05, 3.63) is 53.6 Å². The van der Waals surface area contributed by atoms with E-state index in [9.17, 15) is 4.79 Å². The summed E-state index contributed by atoms with van der Waals surface area (Å²) < 4.78 is 15.7. The van der Waals surface area contributed by atoms with Crippen molar-refractivity contribution in [3.63, 3.8) is 0 Å². The molecular weight excluding hydrogens is 328 g/mol. The highest BCUT2D eigenvalue weighted by Crippen LogP contribution is 2.24. The average molecular weight is 344 g/mol. The normalized spacial score (nSPS) is 10.8. The molecule has 6 nitrogen and oxygen atoms in total. The number of benzene rings is 1. The minimum absolute atomic E-state index is 0.0557. The lowest BCUT2D eigenvalue weighted by Crippen LogP contribution is -2.07. The molecule has 0 saturated carbocycles. The third-order valence-corrected chi connectivity index (χ3v) is 4.38. The number of ether oxygens (including phenoxy) is 1. The van der Waals surface area contributed by atoms with Crippen molar-refractivity contribution < 1.29 is 18.4 Å². The molecule has 0 aliphatic heterocycles. The number of carbonyl (C=O) groups excluding carboxylic acids is 1. The van der Waals surface area contributed by atoms with Crippen LogP contribution in [0.5, 0.6) is 0 Å². The summed E-state index contributed by atoms with van der Waals surface area (Å²) >= 11 is 1.45. The van der Waals surface area contributed by atoms with Crippen molar-refractivity contribution >= 4 is 17.7 Å². The van der Waals surface area contributed by atoms with Crippen LogP contribution >= 0.6 is 11.8 Å². The first kappa shape index (κ1) is 16.3. The molecule has 124 valence electrons. The maximum absolute atomic E-state index is 11.9. The Bertz CT molecular complexity index is 827. The summed E-state index contributed by atoms with van der Waals surface area (Å²) in [6, 6.07) is 9.58. The van der Waals surface area contributed by atoms with Crippen LogP contribution in [0.15, 0.2) is 50.3 Å². The average Bonchev–Trinajstić information content (AvgIpc) is 3.24. The maximum Gasteiger partial charge on any atom is 0.316 e. The zero-order valence-corrected chi connectivity index (χ0v) is 14.1. The van der Waals surface area contributed by atoms with E-state index in [0.717, 1.165) is 16.0 Å². The highest BCUT2D eigenvalue weighted by molar-refractivity contribution is 8.00. The Labute approximate surface area is 143 Å². The van der Waals surface area contributed by atoms with Gasteiger partial charge in [-0.3, -0.25) is 4.79 Å². The van der Waals surface area contributed by atoms with Crippen molar-refractivity contribution in [2.24, 2.45) is 0 Å². The van der Waals surface area contributed by atoms with E-state index in [0.29, 0.717) is 5.76 Å². The monoisotopic (exact) mass is 344 g/mol. The van der Waals surface area contributed by atoms with Gasteiger partial charge in [-0.2, -0.15) is 0 Å². The highest BCUT2D eigenvalue weighted by Gasteiger charge is 2.13. The van der Waals surface area contributed by atoms with Gasteiger partial charge in [0.15, 0.2) is 12.4 Å². The predicted octanol–water partition coefficient (Wildman–Crippen LogP) is 3.78. The molecule has 0 unspecified atom stereocenters. The summed E-state index contributed by atoms with van der Waals surface area (Å²) in [5, 5.41) is 7.67. The molecule has 0 spiro atoms. The molecule has 2 heterocycles. The van der Waals surface area contributed by atoms with E-state index in [1.807, 2.05) is 26.0 Å². The molecule has 0 amide bonds. The second-order valence-corrected chi connectivity index (χ2v) is 6.21. The number of nitrogens with zero attached hydrogens (tertiary/aromatic N) is 2. The molecule has 0 aliphatic carbocycles. The Morgan fingerprint density at radius 3 is 2.92 bits per heavy atom. The van der Waals surface area contributed by atoms with Gasteiger partial charge in [0, 0.05) is 4.90 Å². The summed E-state index contributed by atoms with van der Waals surface area (Å²) in [4.78, 5) is 12.9. The SMILES string of the molecule is Cc1ccc(C)c(SCC(=O)OCc2nnc(-c3ccco3)o2)c1. The molecule has 2 aromatic heterocycles. The number of thioether (sulfide) groups is 1. The Hall–Kier alpha value is -2.54. The molecule has 0 radical (unpaired) electrons. The lowest BCUT2D eigenvalue weighted by atomic mass is 10.2. The first-order valence-corrected chi connectivity index (χ1v) is 8.32. The van der Waals surface area contributed by atoms with Gasteiger partial charge in [0.1, 0.15) is 0 Å². The van der Waals surface area contributed by atoms with Crippen LogP contribution in [0.2, 0.25) is 0 Å². The molecule has 0 saturated heterocycles. The summed E-state index contributed by atoms with van der Waals surface area (Å²) in [6.45, 7) is 3.98. The quantitative estimate of drug-likeness (QED) is 0.497. The van der Waals surface area contributed by atoms with Gasteiger partial charge in [-0.05, 0) is 37.6 Å². The van der Waals surface area contributed by atoms with E-state index in [2.05, 4.69) is 16.3 Å². The molecular formula is C17H16N2O4S. The Balaban J connectivity index is 1.50. The predicted molar refractivity (Wildman–Crippen MR) is 88.4 cm³/mol. The van der Waals surface area contributed by atoms with Crippen LogP contribution in [0.4, 0.5) is 0 Å². The summed E-state index contributed by atoms with van der Waals surface area (Å²) in [5.41, 5.74) is 2.30. The minimum Gasteiger partial charge on any atom is -0.459 e. The Morgan fingerprint density at radius 1 is 1.25 bits per heavy atom. The minimum atomic E-state index is -0.335. The molecule has 0 atom stereocenters. The van der Waals surface area contributed by atoms with E-state index in [1.165, 1.54) is 18.0 Å². The smallest absolute Gasteiger partial charge is 0.316 e. The summed E-state index contributed by atoms with van der Waals surface area (Å²) in [5.74, 6) is 0.857. The van der Waals surface area contributed by atoms with Gasteiger partial charge in [-0.15, -0.1) is 22.0 Å². The van der Waals surface area contributed by atoms with Crippen LogP contribution in [0.25, 0.3) is 11.7 Å². The number of carbonyl (C=O) groups is 1. The standard InChI is InChI=1S/C17H16N2O4S/c1-11-5-6-12(2)14(8-11)24-10-16(20)22-9-15-18-19-17(23-15)13-4-3-7-21-13/h3-8H,9-10H2,1-2H3. The van der Waals surface area contributed by atoms with Gasteiger partial charge in [0.2, 0.25) is 0 Å². The fraction of sp³-hybridized carbons (Fsp3) is 0.235. The Morgan fingerprint density at radius 2 is 2.12 bits per heavy atom. The van der Waals surface area contributed by atoms with Crippen LogP contribution in [-0.4, -0.2) is 21.9 Å². The van der Waals surface area contributed by atoms with Gasteiger partial charge < -0.3 is 13.6 Å². The second kappa shape index (κ2) is 7.35. The van der Waals surface area contributed by atoms with E-state index in [1.54, 1.807) is 12.1 Å². The highest BCUT2D eigenvalue weighted by atomic mass is 32.2. The zero-order valence-electron chi connectivity index (χ0n) is 13.3. The van der Waals surface area contributed by atoms with Gasteiger partial charge in [0.05, 0.1) is 12.0 Å². The number of hydrogen-bond acceptors (Lipinski definition) is 7. The molecule has 3 aromatic rings. The number of aryl methyl sites for hydroxylation is 2. The van der Waals surface area contributed by atoms with E-state index in [4.69, 9.17) is 13.6 Å². The zero-order chi connectivity index (χ0) is 16.9. The first-order chi connectivity index (χ1) is 11.6. The van der Waals surface area contributed by atoms with Crippen molar-refractivity contribution in [2.75, 3.05) is 5.75 Å². The molecule has 0 aliphatic rings. The number of esters is 1. The fourth-order valence-electron chi connectivity index (χ4n) is 2.00. The van der Waals surface area contributed by atoms with Crippen LogP contribution < -0.4 is 0 Å². The molecule has 0 N–H and O–H groups in total. The van der Waals surface area contributed by atoms with Gasteiger partial charge >= 0.3 is 5.97 Å². The van der Waals surface area contributed by atoms with Crippen molar-refractivity contribution in [1.82, 2.24) is 10.2 Å². The molecule has 1 aromatic carbocycles. The molecule has 3 rings (SSSR count). The third-order valence-electron chi connectivity index (χ3n) is 3.24. The Kier molecular flexibility index (Phi) is 5.00. The number of rotatable bonds is 6. The largest absolute Gasteiger partial charge is 0.459 e. The van der Waals surface area contributed by atoms with Gasteiger partial charge in [-0.25, -0.2) is 0 Å². The van der Waals surface area contributed by atoms with Crippen LogP contribution in [0, 0.1) is 13.8 Å². The topological polar surface area (TPSA) is 78.4 Å². The van der Waals surface area contributed by atoms with Crippen LogP contribution in [0.3, 0.4) is 0 Å². The van der Waals surface area contributed by atoms with E-state index < -0.39 is 0 Å². The second-order valence-electron chi connectivity index (χ2n) is 5.20. The molecule has 0 bridgehead atoms. The van der Waals surface area contributed by atoms with Crippen molar-refractivity contribution in [3.8, 4) is 11.7 Å². The van der Waals surface area contributed by atoms with E-state index in [-0.39, 0.29) is 30.1 Å². The van der Waals surface area contributed by atoms with Crippen molar-refractivity contribution in [2.45, 2.75) is 25.3 Å². The van der Waals surface area contributed by atoms with Gasteiger partial charge in [0.25, 0.3) is 11.8 Å². The fourth-order valence-corrected chi connectivity index (χ4v) is 2.92. The summed E-state index contributed by atoms with van der Waals surface area (Å²) in [7, 11) is 0. The molecule has 0 fully saturated rings. The molecule has 24 heavy (non-hydrogen) atoms. The number of aromatic nitrogens is 2. The van der Waals surface area contributed by atoms with E-state index >= 15 is 0 Å². The first-order valence-electron chi connectivity index (χ1n) is 7.34. The lowest BCUT2D eigenvalue weighted by molar-refractivity contribution is -0.142. The molecule has 7 heteroatoms. The number of hydrogen-bond donors (Lipinski definition) is 0. The van der Waals surface area contributed by atoms with Gasteiger partial charge in [-0.1, -0.05) is 17.7 Å². The van der Waals surface area contributed by atoms with Crippen LogP contribution in [0.1, 0.15) is 17.0 Å². The lowest BCUT2D eigenvalue weighted by Gasteiger charge is -2.06. The van der Waals surface area contributed by atoms with Crippen molar-refractivity contribution in [1.29, 1.82) is 0 Å². The maximum atomic E-state index is 11.9.